The first-order valence-corrected chi connectivity index (χ1v) is 6.60. The molecule has 1 N–H and O–H groups in total. The highest BCUT2D eigenvalue weighted by molar-refractivity contribution is 5.06. The molecule has 2 unspecified atom stereocenters. The molecule has 4 nitrogen and oxygen atoms in total. The van der Waals surface area contributed by atoms with Crippen LogP contribution in [0.1, 0.15) is 39.0 Å². The standard InChI is InChI=1S/C13H22N2O2/c1-13(10-14,15-11-3-4-11)6-2-7-17-12-5-8-16-9-12/h11-12,15H,2-9H2,1H3. The van der Waals surface area contributed by atoms with Gasteiger partial charge in [0.1, 0.15) is 5.54 Å². The minimum atomic E-state index is -0.378. The molecule has 0 aromatic carbocycles. The molecular weight excluding hydrogens is 216 g/mol. The number of nitriles is 1. The second kappa shape index (κ2) is 5.81. The van der Waals surface area contributed by atoms with Crippen LogP contribution in [-0.4, -0.2) is 37.5 Å². The van der Waals surface area contributed by atoms with Gasteiger partial charge in [-0.2, -0.15) is 5.26 Å². The Balaban J connectivity index is 1.60. The fourth-order valence-electron chi connectivity index (χ4n) is 2.16. The summed E-state index contributed by atoms with van der Waals surface area (Å²) in [6.07, 6.45) is 5.50. The van der Waals surface area contributed by atoms with Gasteiger partial charge in [0.2, 0.25) is 0 Å². The van der Waals surface area contributed by atoms with E-state index < -0.39 is 0 Å². The topological polar surface area (TPSA) is 54.3 Å². The van der Waals surface area contributed by atoms with Gasteiger partial charge >= 0.3 is 0 Å². The SMILES string of the molecule is CC(C#N)(CCCOC1CCOC1)NC1CC1. The molecule has 2 aliphatic rings. The molecule has 1 heterocycles. The number of nitrogens with zero attached hydrogens (tertiary/aromatic N) is 1. The van der Waals surface area contributed by atoms with Crippen LogP contribution in [0.3, 0.4) is 0 Å². The molecule has 1 aliphatic carbocycles. The Morgan fingerprint density at radius 1 is 1.47 bits per heavy atom. The summed E-state index contributed by atoms with van der Waals surface area (Å²) in [5, 5.41) is 12.6. The summed E-state index contributed by atoms with van der Waals surface area (Å²) in [6, 6.07) is 2.96. The first-order valence-electron chi connectivity index (χ1n) is 6.60. The summed E-state index contributed by atoms with van der Waals surface area (Å²) in [4.78, 5) is 0. The molecule has 0 spiro atoms. The molecule has 1 saturated heterocycles. The molecule has 0 amide bonds. The van der Waals surface area contributed by atoms with Gasteiger partial charge in [-0.05, 0) is 39.0 Å². The maximum absolute atomic E-state index is 9.20. The van der Waals surface area contributed by atoms with E-state index in [0.29, 0.717) is 6.04 Å². The number of nitrogens with one attached hydrogen (secondary N) is 1. The lowest BCUT2D eigenvalue weighted by Gasteiger charge is -2.23. The van der Waals surface area contributed by atoms with Crippen LogP contribution >= 0.6 is 0 Å². The van der Waals surface area contributed by atoms with Gasteiger partial charge in [0.25, 0.3) is 0 Å². The van der Waals surface area contributed by atoms with Crippen molar-refractivity contribution in [3.63, 3.8) is 0 Å². The fraction of sp³-hybridized carbons (Fsp3) is 0.923. The predicted molar refractivity (Wildman–Crippen MR) is 64.6 cm³/mol. The third-order valence-corrected chi connectivity index (χ3v) is 3.41. The van der Waals surface area contributed by atoms with Crippen molar-refractivity contribution in [3.8, 4) is 6.07 Å². The van der Waals surface area contributed by atoms with Crippen molar-refractivity contribution >= 4 is 0 Å². The van der Waals surface area contributed by atoms with Crippen molar-refractivity contribution in [3.05, 3.63) is 0 Å². The summed E-state index contributed by atoms with van der Waals surface area (Å²) >= 11 is 0. The normalized spacial score (nSPS) is 27.6. The Labute approximate surface area is 103 Å². The minimum absolute atomic E-state index is 0.278. The molecule has 2 fully saturated rings. The van der Waals surface area contributed by atoms with Gasteiger partial charge in [0.05, 0.1) is 18.8 Å². The lowest BCUT2D eigenvalue weighted by molar-refractivity contribution is 0.0390. The van der Waals surface area contributed by atoms with Crippen LogP contribution in [0.15, 0.2) is 0 Å². The maximum Gasteiger partial charge on any atom is 0.104 e. The molecule has 1 aliphatic heterocycles. The zero-order valence-electron chi connectivity index (χ0n) is 10.6. The summed E-state index contributed by atoms with van der Waals surface area (Å²) in [5.74, 6) is 0. The van der Waals surface area contributed by atoms with E-state index in [-0.39, 0.29) is 11.6 Å². The van der Waals surface area contributed by atoms with Crippen molar-refractivity contribution in [2.24, 2.45) is 0 Å². The van der Waals surface area contributed by atoms with E-state index in [4.69, 9.17) is 9.47 Å². The first kappa shape index (κ1) is 12.8. The van der Waals surface area contributed by atoms with Gasteiger partial charge < -0.3 is 9.47 Å². The number of rotatable bonds is 7. The molecule has 17 heavy (non-hydrogen) atoms. The van der Waals surface area contributed by atoms with Crippen molar-refractivity contribution in [1.29, 1.82) is 5.26 Å². The van der Waals surface area contributed by atoms with E-state index >= 15 is 0 Å². The number of hydrogen-bond donors (Lipinski definition) is 1. The molecular formula is C13H22N2O2. The molecule has 0 bridgehead atoms. The van der Waals surface area contributed by atoms with Crippen LogP contribution in [0.25, 0.3) is 0 Å². The van der Waals surface area contributed by atoms with E-state index in [9.17, 15) is 5.26 Å². The second-order valence-electron chi connectivity index (χ2n) is 5.32. The highest BCUT2D eigenvalue weighted by Gasteiger charge is 2.32. The van der Waals surface area contributed by atoms with Crippen LogP contribution in [-0.2, 0) is 9.47 Å². The lowest BCUT2D eigenvalue weighted by Crippen LogP contribution is -2.42. The molecule has 96 valence electrons. The van der Waals surface area contributed by atoms with E-state index in [0.717, 1.165) is 39.1 Å². The van der Waals surface area contributed by atoms with Crippen LogP contribution in [0.5, 0.6) is 0 Å². The van der Waals surface area contributed by atoms with E-state index in [2.05, 4.69) is 11.4 Å². The zero-order valence-corrected chi connectivity index (χ0v) is 10.6. The number of hydrogen-bond acceptors (Lipinski definition) is 4. The van der Waals surface area contributed by atoms with Crippen molar-refractivity contribution in [1.82, 2.24) is 5.32 Å². The lowest BCUT2D eigenvalue weighted by atomic mass is 9.98. The van der Waals surface area contributed by atoms with Gasteiger partial charge in [-0.25, -0.2) is 0 Å². The zero-order chi connectivity index (χ0) is 12.1. The van der Waals surface area contributed by atoms with Crippen molar-refractivity contribution in [2.75, 3.05) is 19.8 Å². The average Bonchev–Trinajstić information content (AvgIpc) is 2.97. The maximum atomic E-state index is 9.20. The highest BCUT2D eigenvalue weighted by atomic mass is 16.5. The first-order chi connectivity index (χ1) is 8.22. The molecule has 2 atom stereocenters. The quantitative estimate of drug-likeness (QED) is 0.685. The Morgan fingerprint density at radius 3 is 2.88 bits per heavy atom. The summed E-state index contributed by atoms with van der Waals surface area (Å²) in [7, 11) is 0. The summed E-state index contributed by atoms with van der Waals surface area (Å²) in [6.45, 7) is 4.28. The average molecular weight is 238 g/mol. The third kappa shape index (κ3) is 4.27. The largest absolute Gasteiger partial charge is 0.379 e. The molecule has 2 rings (SSSR count). The Hall–Kier alpha value is -0.630. The molecule has 0 radical (unpaired) electrons. The fourth-order valence-corrected chi connectivity index (χ4v) is 2.16. The molecule has 0 aromatic rings. The van der Waals surface area contributed by atoms with Crippen molar-refractivity contribution < 1.29 is 9.47 Å². The van der Waals surface area contributed by atoms with Crippen LogP contribution in [0.2, 0.25) is 0 Å². The minimum Gasteiger partial charge on any atom is -0.379 e. The van der Waals surface area contributed by atoms with Gasteiger partial charge in [-0.15, -0.1) is 0 Å². The van der Waals surface area contributed by atoms with Crippen LogP contribution in [0, 0.1) is 11.3 Å². The third-order valence-electron chi connectivity index (χ3n) is 3.41. The molecule has 0 aromatic heterocycles. The highest BCUT2D eigenvalue weighted by Crippen LogP contribution is 2.24. The van der Waals surface area contributed by atoms with Gasteiger partial charge in [0.15, 0.2) is 0 Å². The van der Waals surface area contributed by atoms with E-state index in [1.807, 2.05) is 6.92 Å². The second-order valence-corrected chi connectivity index (χ2v) is 5.32. The number of ether oxygens (including phenoxy) is 2. The Morgan fingerprint density at radius 2 is 2.29 bits per heavy atom. The van der Waals surface area contributed by atoms with Crippen LogP contribution in [0.4, 0.5) is 0 Å². The van der Waals surface area contributed by atoms with Crippen LogP contribution < -0.4 is 5.32 Å². The van der Waals surface area contributed by atoms with Gasteiger partial charge in [0, 0.05) is 19.3 Å². The van der Waals surface area contributed by atoms with E-state index in [1.54, 1.807) is 0 Å². The Kier molecular flexibility index (Phi) is 4.38. The Bertz CT molecular complexity index is 280. The van der Waals surface area contributed by atoms with Crippen molar-refractivity contribution in [2.45, 2.75) is 56.7 Å². The predicted octanol–water partition coefficient (Wildman–Crippen LogP) is 1.61. The monoisotopic (exact) mass is 238 g/mol. The van der Waals surface area contributed by atoms with Gasteiger partial charge in [-0.1, -0.05) is 0 Å². The summed E-state index contributed by atoms with van der Waals surface area (Å²) in [5.41, 5.74) is -0.378. The molecule has 4 heteroatoms. The molecule has 1 saturated carbocycles. The summed E-state index contributed by atoms with van der Waals surface area (Å²) < 4.78 is 10.9. The van der Waals surface area contributed by atoms with E-state index in [1.165, 1.54) is 12.8 Å². The smallest absolute Gasteiger partial charge is 0.104 e. The van der Waals surface area contributed by atoms with Gasteiger partial charge in [-0.3, -0.25) is 5.32 Å².